The zero-order valence-electron chi connectivity index (χ0n) is 10.0. The first kappa shape index (κ1) is 15.2. The third kappa shape index (κ3) is 3.08. The summed E-state index contributed by atoms with van der Waals surface area (Å²) in [5.74, 6) is 0. The summed E-state index contributed by atoms with van der Waals surface area (Å²) in [7, 11) is 0. The van der Waals surface area contributed by atoms with Crippen LogP contribution in [0.3, 0.4) is 0 Å². The second-order valence-corrected chi connectivity index (χ2v) is 5.00. The first-order valence-electron chi connectivity index (χ1n) is 5.59. The Morgan fingerprint density at radius 2 is 1.65 bits per heavy atom. The molecule has 0 aliphatic heterocycles. The van der Waals surface area contributed by atoms with E-state index < -0.39 is 18.3 Å². The molecule has 0 radical (unpaired) electrons. The molecular formula is C14H9Cl2F3O. The van der Waals surface area contributed by atoms with Gasteiger partial charge in [-0.3, -0.25) is 0 Å². The number of hydrogen-bond donors (Lipinski definition) is 1. The molecular weight excluding hydrogens is 312 g/mol. The Hall–Kier alpha value is -1.23. The molecule has 2 rings (SSSR count). The fourth-order valence-corrected chi connectivity index (χ4v) is 2.26. The van der Waals surface area contributed by atoms with Gasteiger partial charge in [0.05, 0.1) is 12.2 Å². The van der Waals surface area contributed by atoms with Crippen LogP contribution in [0.1, 0.15) is 11.1 Å². The largest absolute Gasteiger partial charge is 0.416 e. The number of aliphatic hydroxyl groups excluding tert-OH is 1. The molecule has 0 bridgehead atoms. The average Bonchev–Trinajstić information content (AvgIpc) is 2.40. The third-order valence-corrected chi connectivity index (χ3v) is 3.39. The van der Waals surface area contributed by atoms with Gasteiger partial charge in [0.15, 0.2) is 0 Å². The van der Waals surface area contributed by atoms with Crippen LogP contribution in [-0.4, -0.2) is 5.11 Å². The molecule has 20 heavy (non-hydrogen) atoms. The van der Waals surface area contributed by atoms with E-state index in [2.05, 4.69) is 0 Å². The highest BCUT2D eigenvalue weighted by molar-refractivity contribution is 6.35. The first-order valence-corrected chi connectivity index (χ1v) is 6.35. The zero-order valence-corrected chi connectivity index (χ0v) is 11.5. The standard InChI is InChI=1S/C14H9Cl2F3O/c15-10-2-4-13(16)12(6-10)11-3-1-9(14(17,18)19)5-8(11)7-20/h1-6,20H,7H2. The predicted octanol–water partition coefficient (Wildman–Crippen LogP) is 5.17. The molecule has 0 atom stereocenters. The summed E-state index contributed by atoms with van der Waals surface area (Å²) in [6.45, 7) is -0.526. The lowest BCUT2D eigenvalue weighted by Crippen LogP contribution is -2.06. The van der Waals surface area contributed by atoms with Crippen LogP contribution in [0.5, 0.6) is 0 Å². The van der Waals surface area contributed by atoms with Gasteiger partial charge in [-0.15, -0.1) is 0 Å². The molecule has 0 spiro atoms. The molecule has 0 unspecified atom stereocenters. The molecule has 2 aromatic rings. The molecule has 0 saturated carbocycles. The van der Waals surface area contributed by atoms with Crippen molar-refractivity contribution in [1.82, 2.24) is 0 Å². The van der Waals surface area contributed by atoms with Gasteiger partial charge in [-0.05, 0) is 41.5 Å². The quantitative estimate of drug-likeness (QED) is 0.809. The van der Waals surface area contributed by atoms with Crippen LogP contribution in [0.15, 0.2) is 36.4 Å². The highest BCUT2D eigenvalue weighted by Crippen LogP contribution is 2.36. The SMILES string of the molecule is OCc1cc(C(F)(F)F)ccc1-c1cc(Cl)ccc1Cl. The van der Waals surface area contributed by atoms with E-state index in [0.717, 1.165) is 12.1 Å². The van der Waals surface area contributed by atoms with E-state index in [1.165, 1.54) is 6.07 Å². The summed E-state index contributed by atoms with van der Waals surface area (Å²) in [5, 5.41) is 10.0. The van der Waals surface area contributed by atoms with Gasteiger partial charge in [0.2, 0.25) is 0 Å². The van der Waals surface area contributed by atoms with Crippen molar-refractivity contribution in [2.75, 3.05) is 0 Å². The molecule has 106 valence electrons. The van der Waals surface area contributed by atoms with Gasteiger partial charge < -0.3 is 5.11 Å². The fourth-order valence-electron chi connectivity index (χ4n) is 1.87. The highest BCUT2D eigenvalue weighted by Gasteiger charge is 2.31. The van der Waals surface area contributed by atoms with Gasteiger partial charge in [-0.25, -0.2) is 0 Å². The maximum atomic E-state index is 12.7. The highest BCUT2D eigenvalue weighted by atomic mass is 35.5. The van der Waals surface area contributed by atoms with E-state index in [1.54, 1.807) is 18.2 Å². The van der Waals surface area contributed by atoms with Gasteiger partial charge in [0.25, 0.3) is 0 Å². The molecule has 0 aliphatic carbocycles. The van der Waals surface area contributed by atoms with Gasteiger partial charge in [0.1, 0.15) is 0 Å². The Bertz CT molecular complexity index is 639. The van der Waals surface area contributed by atoms with Crippen molar-refractivity contribution in [2.45, 2.75) is 12.8 Å². The minimum atomic E-state index is -4.46. The fraction of sp³-hybridized carbons (Fsp3) is 0.143. The lowest BCUT2D eigenvalue weighted by atomic mass is 9.97. The van der Waals surface area contributed by atoms with E-state index in [4.69, 9.17) is 23.2 Å². The number of aliphatic hydroxyl groups is 1. The monoisotopic (exact) mass is 320 g/mol. The van der Waals surface area contributed by atoms with Gasteiger partial charge in [-0.1, -0.05) is 29.3 Å². The molecule has 2 aromatic carbocycles. The topological polar surface area (TPSA) is 20.2 Å². The van der Waals surface area contributed by atoms with E-state index in [9.17, 15) is 18.3 Å². The summed E-state index contributed by atoms with van der Waals surface area (Å²) in [6, 6.07) is 7.82. The summed E-state index contributed by atoms with van der Waals surface area (Å²) in [5.41, 5.74) is 0.234. The van der Waals surface area contributed by atoms with E-state index in [-0.39, 0.29) is 5.56 Å². The van der Waals surface area contributed by atoms with Gasteiger partial charge >= 0.3 is 6.18 Å². The second kappa shape index (κ2) is 5.64. The molecule has 0 aliphatic rings. The van der Waals surface area contributed by atoms with Crippen molar-refractivity contribution in [1.29, 1.82) is 0 Å². The smallest absolute Gasteiger partial charge is 0.392 e. The van der Waals surface area contributed by atoms with Crippen molar-refractivity contribution in [3.05, 3.63) is 57.6 Å². The van der Waals surface area contributed by atoms with Crippen LogP contribution in [0, 0.1) is 0 Å². The summed E-state index contributed by atoms with van der Waals surface area (Å²) in [6.07, 6.45) is -4.46. The van der Waals surface area contributed by atoms with E-state index in [1.807, 2.05) is 0 Å². The number of benzene rings is 2. The molecule has 0 fully saturated rings. The minimum Gasteiger partial charge on any atom is -0.392 e. The minimum absolute atomic E-state index is 0.143. The van der Waals surface area contributed by atoms with E-state index >= 15 is 0 Å². The Labute approximate surface area is 123 Å². The van der Waals surface area contributed by atoms with Crippen LogP contribution >= 0.6 is 23.2 Å². The average molecular weight is 321 g/mol. The van der Waals surface area contributed by atoms with Crippen LogP contribution in [0.2, 0.25) is 10.0 Å². The Morgan fingerprint density at radius 1 is 0.950 bits per heavy atom. The Morgan fingerprint density at radius 3 is 2.25 bits per heavy atom. The van der Waals surface area contributed by atoms with E-state index in [0.29, 0.717) is 21.2 Å². The van der Waals surface area contributed by atoms with Crippen LogP contribution in [0.25, 0.3) is 11.1 Å². The van der Waals surface area contributed by atoms with Crippen molar-refractivity contribution in [3.63, 3.8) is 0 Å². The molecule has 1 nitrogen and oxygen atoms in total. The lowest BCUT2D eigenvalue weighted by molar-refractivity contribution is -0.137. The molecule has 1 N–H and O–H groups in total. The number of hydrogen-bond acceptors (Lipinski definition) is 1. The van der Waals surface area contributed by atoms with Crippen molar-refractivity contribution >= 4 is 23.2 Å². The maximum absolute atomic E-state index is 12.7. The summed E-state index contributed by atoms with van der Waals surface area (Å²) >= 11 is 11.9. The number of alkyl halides is 3. The predicted molar refractivity (Wildman–Crippen MR) is 72.8 cm³/mol. The molecule has 0 saturated heterocycles. The molecule has 0 aromatic heterocycles. The Kier molecular flexibility index (Phi) is 4.28. The lowest BCUT2D eigenvalue weighted by Gasteiger charge is -2.13. The van der Waals surface area contributed by atoms with Gasteiger partial charge in [0, 0.05) is 15.6 Å². The van der Waals surface area contributed by atoms with Crippen LogP contribution in [-0.2, 0) is 12.8 Å². The number of rotatable bonds is 2. The maximum Gasteiger partial charge on any atom is 0.416 e. The van der Waals surface area contributed by atoms with Crippen LogP contribution < -0.4 is 0 Å². The molecule has 0 amide bonds. The molecule has 6 heteroatoms. The Balaban J connectivity index is 2.60. The third-order valence-electron chi connectivity index (χ3n) is 2.82. The summed E-state index contributed by atoms with van der Waals surface area (Å²) in [4.78, 5) is 0. The first-order chi connectivity index (χ1) is 9.32. The number of halogens is 5. The summed E-state index contributed by atoms with van der Waals surface area (Å²) < 4.78 is 38.0. The zero-order chi connectivity index (χ0) is 14.9. The second-order valence-electron chi connectivity index (χ2n) is 4.15. The van der Waals surface area contributed by atoms with Crippen molar-refractivity contribution < 1.29 is 18.3 Å². The van der Waals surface area contributed by atoms with Crippen LogP contribution in [0.4, 0.5) is 13.2 Å². The molecule has 0 heterocycles. The van der Waals surface area contributed by atoms with Crippen molar-refractivity contribution in [3.8, 4) is 11.1 Å². The normalized spacial score (nSPS) is 11.7. The van der Waals surface area contributed by atoms with Crippen molar-refractivity contribution in [2.24, 2.45) is 0 Å². The van der Waals surface area contributed by atoms with Gasteiger partial charge in [-0.2, -0.15) is 13.2 Å².